The highest BCUT2D eigenvalue weighted by Gasteiger charge is 2.11. The van der Waals surface area contributed by atoms with E-state index < -0.39 is 0 Å². The van der Waals surface area contributed by atoms with Crippen LogP contribution in [-0.4, -0.2) is 15.7 Å². The second kappa shape index (κ2) is 8.44. The molecule has 1 N–H and O–H groups in total. The van der Waals surface area contributed by atoms with Gasteiger partial charge in [-0.3, -0.25) is 4.79 Å². The van der Waals surface area contributed by atoms with Gasteiger partial charge in [0.2, 0.25) is 5.91 Å². The molecule has 144 valence electrons. The Balaban J connectivity index is 1.44. The van der Waals surface area contributed by atoms with E-state index in [0.717, 1.165) is 22.6 Å². The average molecular weight is 383 g/mol. The molecule has 0 bridgehead atoms. The van der Waals surface area contributed by atoms with Gasteiger partial charge in [-0.05, 0) is 48.9 Å². The average Bonchev–Trinajstić information content (AvgIpc) is 3.20. The quantitative estimate of drug-likeness (QED) is 0.501. The first-order chi connectivity index (χ1) is 14.2. The third kappa shape index (κ3) is 4.71. The van der Waals surface area contributed by atoms with Gasteiger partial charge in [0.05, 0.1) is 24.0 Å². The molecule has 29 heavy (non-hydrogen) atoms. The zero-order valence-electron chi connectivity index (χ0n) is 16.1. The van der Waals surface area contributed by atoms with Gasteiger partial charge in [-0.15, -0.1) is 0 Å². The summed E-state index contributed by atoms with van der Waals surface area (Å²) < 4.78 is 7.71. The van der Waals surface area contributed by atoms with E-state index in [2.05, 4.69) is 10.4 Å². The maximum absolute atomic E-state index is 12.6. The van der Waals surface area contributed by atoms with E-state index in [1.807, 2.05) is 92.0 Å². The fraction of sp³-hybridized carbons (Fsp3) is 0.0833. The Hall–Kier alpha value is -3.86. The number of rotatable bonds is 6. The second-order valence-electron chi connectivity index (χ2n) is 6.76. The third-order valence-corrected chi connectivity index (χ3v) is 4.43. The van der Waals surface area contributed by atoms with Gasteiger partial charge >= 0.3 is 0 Å². The van der Waals surface area contributed by atoms with E-state index in [-0.39, 0.29) is 12.3 Å². The number of carbonyl (C=O) groups is 1. The molecule has 4 aromatic rings. The van der Waals surface area contributed by atoms with Crippen LogP contribution >= 0.6 is 0 Å². The fourth-order valence-electron chi connectivity index (χ4n) is 2.95. The number of para-hydroxylation sites is 3. The summed E-state index contributed by atoms with van der Waals surface area (Å²) in [6, 6.07) is 25.0. The molecule has 0 spiro atoms. The van der Waals surface area contributed by atoms with Crippen molar-refractivity contribution in [3.05, 3.63) is 102 Å². The topological polar surface area (TPSA) is 56.1 Å². The molecule has 0 atom stereocenters. The number of ether oxygens (including phenoxy) is 1. The smallest absolute Gasteiger partial charge is 0.229 e. The minimum atomic E-state index is -0.127. The molecule has 3 aromatic carbocycles. The van der Waals surface area contributed by atoms with Crippen LogP contribution in [0, 0.1) is 6.92 Å². The number of nitrogens with one attached hydrogen (secondary N) is 1. The summed E-state index contributed by atoms with van der Waals surface area (Å²) in [4.78, 5) is 12.6. The molecular formula is C24H21N3O2. The van der Waals surface area contributed by atoms with Gasteiger partial charge in [-0.2, -0.15) is 5.10 Å². The van der Waals surface area contributed by atoms with Crippen LogP contribution < -0.4 is 10.1 Å². The Morgan fingerprint density at radius 2 is 1.69 bits per heavy atom. The van der Waals surface area contributed by atoms with Crippen LogP contribution in [-0.2, 0) is 11.2 Å². The molecule has 4 rings (SSSR count). The van der Waals surface area contributed by atoms with E-state index in [4.69, 9.17) is 4.74 Å². The molecule has 0 saturated carbocycles. The van der Waals surface area contributed by atoms with Crippen molar-refractivity contribution in [3.63, 3.8) is 0 Å². The highest BCUT2D eigenvalue weighted by atomic mass is 16.5. The number of anilines is 1. The molecule has 1 aromatic heterocycles. The summed E-state index contributed by atoms with van der Waals surface area (Å²) in [5, 5.41) is 7.28. The second-order valence-corrected chi connectivity index (χ2v) is 6.76. The summed E-state index contributed by atoms with van der Waals surface area (Å²) in [6.07, 6.45) is 3.80. The summed E-state index contributed by atoms with van der Waals surface area (Å²) in [7, 11) is 0. The Bertz CT molecular complexity index is 1100. The van der Waals surface area contributed by atoms with E-state index in [1.54, 1.807) is 10.9 Å². The Kier molecular flexibility index (Phi) is 5.38. The number of aromatic nitrogens is 2. The van der Waals surface area contributed by atoms with Crippen molar-refractivity contribution < 1.29 is 9.53 Å². The fourth-order valence-corrected chi connectivity index (χ4v) is 2.95. The summed E-state index contributed by atoms with van der Waals surface area (Å²) in [6.45, 7) is 2.03. The predicted molar refractivity (Wildman–Crippen MR) is 114 cm³/mol. The number of hydrogen-bond acceptors (Lipinski definition) is 3. The van der Waals surface area contributed by atoms with Crippen molar-refractivity contribution in [1.29, 1.82) is 0 Å². The number of carbonyl (C=O) groups excluding carboxylic acids is 1. The molecule has 0 radical (unpaired) electrons. The van der Waals surface area contributed by atoms with Crippen LogP contribution in [0.25, 0.3) is 5.69 Å². The monoisotopic (exact) mass is 383 g/mol. The Labute approximate surface area is 169 Å². The van der Waals surface area contributed by atoms with Crippen LogP contribution in [0.5, 0.6) is 11.5 Å². The zero-order valence-corrected chi connectivity index (χ0v) is 16.1. The number of amides is 1. The SMILES string of the molecule is Cc1ccc(Oc2ccccc2NC(=O)Cc2cnn(-c3ccccc3)c2)cc1. The minimum Gasteiger partial charge on any atom is -0.455 e. The number of nitrogens with zero attached hydrogens (tertiary/aromatic N) is 2. The Morgan fingerprint density at radius 1 is 0.966 bits per heavy atom. The van der Waals surface area contributed by atoms with Crippen molar-refractivity contribution in [1.82, 2.24) is 9.78 Å². The highest BCUT2D eigenvalue weighted by molar-refractivity contribution is 5.93. The van der Waals surface area contributed by atoms with Crippen LogP contribution in [0.4, 0.5) is 5.69 Å². The molecular weight excluding hydrogens is 362 g/mol. The Morgan fingerprint density at radius 3 is 2.48 bits per heavy atom. The first-order valence-corrected chi connectivity index (χ1v) is 9.40. The van der Waals surface area contributed by atoms with E-state index >= 15 is 0 Å². The van der Waals surface area contributed by atoms with Crippen molar-refractivity contribution in [2.45, 2.75) is 13.3 Å². The van der Waals surface area contributed by atoms with E-state index in [0.29, 0.717) is 11.4 Å². The molecule has 1 amide bonds. The molecule has 0 aliphatic heterocycles. The van der Waals surface area contributed by atoms with Gasteiger partial charge in [0.15, 0.2) is 5.75 Å². The molecule has 5 nitrogen and oxygen atoms in total. The maximum Gasteiger partial charge on any atom is 0.229 e. The lowest BCUT2D eigenvalue weighted by Crippen LogP contribution is -2.14. The standard InChI is InChI=1S/C24H21N3O2/c1-18-11-13-21(14-12-18)29-23-10-6-5-9-22(23)26-24(28)15-19-16-25-27(17-19)20-7-3-2-4-8-20/h2-14,16-17H,15H2,1H3,(H,26,28). The van der Waals surface area contributed by atoms with Crippen molar-refractivity contribution in [2.24, 2.45) is 0 Å². The van der Waals surface area contributed by atoms with Crippen molar-refractivity contribution in [2.75, 3.05) is 5.32 Å². The van der Waals surface area contributed by atoms with Gasteiger partial charge < -0.3 is 10.1 Å². The third-order valence-electron chi connectivity index (χ3n) is 4.43. The number of benzene rings is 3. The molecule has 0 aliphatic carbocycles. The zero-order chi connectivity index (χ0) is 20.1. The minimum absolute atomic E-state index is 0.127. The van der Waals surface area contributed by atoms with E-state index in [9.17, 15) is 4.79 Å². The first kappa shape index (κ1) is 18.5. The maximum atomic E-state index is 12.6. The summed E-state index contributed by atoms with van der Waals surface area (Å²) >= 11 is 0. The van der Waals surface area contributed by atoms with Gasteiger partial charge in [-0.1, -0.05) is 48.0 Å². The van der Waals surface area contributed by atoms with Gasteiger partial charge in [0.25, 0.3) is 0 Å². The summed E-state index contributed by atoms with van der Waals surface area (Å²) in [5.74, 6) is 1.20. The molecule has 0 saturated heterocycles. The van der Waals surface area contributed by atoms with Crippen LogP contribution in [0.15, 0.2) is 91.3 Å². The van der Waals surface area contributed by atoms with Gasteiger partial charge in [-0.25, -0.2) is 4.68 Å². The summed E-state index contributed by atoms with van der Waals surface area (Å²) in [5.41, 5.74) is 3.59. The number of aryl methyl sites for hydroxylation is 1. The van der Waals surface area contributed by atoms with Crippen LogP contribution in [0.3, 0.4) is 0 Å². The molecule has 0 unspecified atom stereocenters. The van der Waals surface area contributed by atoms with Gasteiger partial charge in [0, 0.05) is 6.20 Å². The van der Waals surface area contributed by atoms with Crippen LogP contribution in [0.2, 0.25) is 0 Å². The van der Waals surface area contributed by atoms with Crippen molar-refractivity contribution in [3.8, 4) is 17.2 Å². The van der Waals surface area contributed by atoms with Crippen molar-refractivity contribution >= 4 is 11.6 Å². The molecule has 0 aliphatic rings. The predicted octanol–water partition coefficient (Wildman–Crippen LogP) is 5.15. The molecule has 5 heteroatoms. The molecule has 1 heterocycles. The van der Waals surface area contributed by atoms with Crippen LogP contribution in [0.1, 0.15) is 11.1 Å². The first-order valence-electron chi connectivity index (χ1n) is 9.40. The normalized spacial score (nSPS) is 10.5. The highest BCUT2D eigenvalue weighted by Crippen LogP contribution is 2.29. The lowest BCUT2D eigenvalue weighted by atomic mass is 10.2. The largest absolute Gasteiger partial charge is 0.455 e. The number of hydrogen-bond donors (Lipinski definition) is 1. The van der Waals surface area contributed by atoms with Gasteiger partial charge in [0.1, 0.15) is 5.75 Å². The lowest BCUT2D eigenvalue weighted by molar-refractivity contribution is -0.115. The molecule has 0 fully saturated rings. The lowest BCUT2D eigenvalue weighted by Gasteiger charge is -2.12. The van der Waals surface area contributed by atoms with E-state index in [1.165, 1.54) is 0 Å².